The fourth-order valence-electron chi connectivity index (χ4n) is 2.41. The molecule has 1 aromatic heterocycles. The minimum Gasteiger partial charge on any atom is -0.371 e. The lowest BCUT2D eigenvalue weighted by atomic mass is 10.0. The van der Waals surface area contributed by atoms with Gasteiger partial charge in [-0.15, -0.1) is 5.10 Å². The fourth-order valence-corrected chi connectivity index (χ4v) is 2.53. The number of carbonyl (C=O) groups is 1. The molecular weight excluding hydrogens is 313 g/mol. The van der Waals surface area contributed by atoms with Crippen LogP contribution in [0.15, 0.2) is 24.5 Å². The van der Waals surface area contributed by atoms with Gasteiger partial charge in [0.15, 0.2) is 0 Å². The summed E-state index contributed by atoms with van der Waals surface area (Å²) in [5.74, 6) is -0.740. The largest absolute Gasteiger partial charge is 0.371 e. The Bertz CT molecular complexity index is 666. The van der Waals surface area contributed by atoms with Crippen molar-refractivity contribution in [2.45, 2.75) is 25.1 Å². The average Bonchev–Trinajstić information content (AvgIpc) is 3.13. The number of benzene rings is 1. The highest BCUT2D eigenvalue weighted by atomic mass is 35.5. The third-order valence-electron chi connectivity index (χ3n) is 3.41. The van der Waals surface area contributed by atoms with Gasteiger partial charge in [0.05, 0.1) is 11.1 Å². The van der Waals surface area contributed by atoms with E-state index in [9.17, 15) is 9.18 Å². The zero-order chi connectivity index (χ0) is 15.5. The van der Waals surface area contributed by atoms with Gasteiger partial charge >= 0.3 is 0 Å². The Morgan fingerprint density at radius 3 is 3.14 bits per heavy atom. The first-order valence-corrected chi connectivity index (χ1v) is 7.08. The lowest BCUT2D eigenvalue weighted by molar-refractivity contribution is -0.123. The highest BCUT2D eigenvalue weighted by molar-refractivity contribution is 6.30. The normalized spacial score (nSPS) is 21.0. The van der Waals surface area contributed by atoms with E-state index >= 15 is 0 Å². The first-order valence-electron chi connectivity index (χ1n) is 6.70. The number of aromatic nitrogens is 4. The Morgan fingerprint density at radius 2 is 2.41 bits per heavy atom. The van der Waals surface area contributed by atoms with Gasteiger partial charge in [-0.2, -0.15) is 0 Å². The third-order valence-corrected chi connectivity index (χ3v) is 3.71. The second-order valence-corrected chi connectivity index (χ2v) is 5.34. The van der Waals surface area contributed by atoms with Gasteiger partial charge in [-0.05, 0) is 34.5 Å². The Balaban J connectivity index is 1.67. The number of carbonyl (C=O) groups excluding carboxylic acids is 1. The quantitative estimate of drug-likeness (QED) is 0.910. The smallest absolute Gasteiger partial charge is 0.242 e. The topological polar surface area (TPSA) is 81.9 Å². The Morgan fingerprint density at radius 1 is 1.55 bits per heavy atom. The summed E-state index contributed by atoms with van der Waals surface area (Å²) in [6, 6.07) is 4.28. The minimum absolute atomic E-state index is 0.0190. The van der Waals surface area contributed by atoms with Crippen LogP contribution in [0.4, 0.5) is 4.39 Å². The van der Waals surface area contributed by atoms with Crippen molar-refractivity contribution in [1.82, 2.24) is 25.5 Å². The monoisotopic (exact) mass is 325 g/mol. The minimum atomic E-state index is -0.506. The van der Waals surface area contributed by atoms with Crippen LogP contribution in [-0.4, -0.2) is 38.8 Å². The molecule has 0 radical (unpaired) electrons. The molecule has 22 heavy (non-hydrogen) atoms. The van der Waals surface area contributed by atoms with Gasteiger partial charge in [-0.3, -0.25) is 4.79 Å². The predicted molar refractivity (Wildman–Crippen MR) is 74.5 cm³/mol. The van der Waals surface area contributed by atoms with E-state index in [4.69, 9.17) is 16.3 Å². The van der Waals surface area contributed by atoms with Gasteiger partial charge < -0.3 is 10.1 Å². The lowest BCUT2D eigenvalue weighted by Gasteiger charge is -2.20. The Hall–Kier alpha value is -2.06. The molecular formula is C13H13ClFN5O2. The van der Waals surface area contributed by atoms with E-state index in [-0.39, 0.29) is 23.5 Å². The number of hydrogen-bond donors (Lipinski definition) is 1. The van der Waals surface area contributed by atoms with Crippen molar-refractivity contribution >= 4 is 17.5 Å². The number of tetrazole rings is 1. The summed E-state index contributed by atoms with van der Waals surface area (Å²) in [5, 5.41) is 13.5. The first kappa shape index (κ1) is 14.9. The van der Waals surface area contributed by atoms with E-state index in [0.29, 0.717) is 18.6 Å². The first-order chi connectivity index (χ1) is 10.6. The standard InChI is InChI=1S/C13H13ClFN5O2/c14-9-2-1-8(5-10(9)15)13-11(3-4-22-13)17-12(21)6-20-7-16-18-19-20/h1-2,5,7,11,13H,3-4,6H2,(H,17,21)/t11-,13-/m0/s1. The SMILES string of the molecule is O=C(Cn1cnnn1)N[C@H]1CCO[C@H]1c1ccc(Cl)c(F)c1. The van der Waals surface area contributed by atoms with Crippen LogP contribution in [0.5, 0.6) is 0 Å². The fraction of sp³-hybridized carbons (Fsp3) is 0.385. The average molecular weight is 326 g/mol. The summed E-state index contributed by atoms with van der Waals surface area (Å²) < 4.78 is 20.5. The van der Waals surface area contributed by atoms with Crippen LogP contribution in [0.2, 0.25) is 5.02 Å². The molecule has 3 rings (SSSR count). The maximum atomic E-state index is 13.6. The van der Waals surface area contributed by atoms with Gasteiger partial charge in [0.25, 0.3) is 0 Å². The van der Waals surface area contributed by atoms with Crippen LogP contribution in [0.3, 0.4) is 0 Å². The van der Waals surface area contributed by atoms with Gasteiger partial charge in [0.1, 0.15) is 24.8 Å². The van der Waals surface area contributed by atoms with Crippen molar-refractivity contribution in [1.29, 1.82) is 0 Å². The van der Waals surface area contributed by atoms with E-state index in [1.165, 1.54) is 23.1 Å². The second-order valence-electron chi connectivity index (χ2n) is 4.94. The van der Waals surface area contributed by atoms with E-state index in [2.05, 4.69) is 20.8 Å². The van der Waals surface area contributed by atoms with Crippen LogP contribution >= 0.6 is 11.6 Å². The molecule has 116 valence electrons. The summed E-state index contributed by atoms with van der Waals surface area (Å²) in [6.07, 6.45) is 1.61. The summed E-state index contributed by atoms with van der Waals surface area (Å²) in [6.45, 7) is 0.510. The molecule has 2 heterocycles. The predicted octanol–water partition coefficient (Wildman–Crippen LogP) is 1.11. The Kier molecular flexibility index (Phi) is 4.30. The maximum absolute atomic E-state index is 13.6. The van der Waals surface area contributed by atoms with Crippen LogP contribution < -0.4 is 5.32 Å². The molecule has 7 nitrogen and oxygen atoms in total. The van der Waals surface area contributed by atoms with Crippen molar-refractivity contribution in [2.75, 3.05) is 6.61 Å². The maximum Gasteiger partial charge on any atom is 0.242 e. The Labute approximate surface area is 130 Å². The summed E-state index contributed by atoms with van der Waals surface area (Å²) >= 11 is 5.68. The molecule has 1 fully saturated rings. The van der Waals surface area contributed by atoms with Crippen molar-refractivity contribution < 1.29 is 13.9 Å². The van der Waals surface area contributed by atoms with Crippen LogP contribution in [-0.2, 0) is 16.1 Å². The molecule has 1 amide bonds. The number of amides is 1. The van der Waals surface area contributed by atoms with Crippen LogP contribution in [0.1, 0.15) is 18.1 Å². The molecule has 0 spiro atoms. The van der Waals surface area contributed by atoms with Gasteiger partial charge in [-0.1, -0.05) is 17.7 Å². The summed E-state index contributed by atoms with van der Waals surface area (Å²) in [4.78, 5) is 12.0. The van der Waals surface area contributed by atoms with Gasteiger partial charge in [0, 0.05) is 6.61 Å². The third kappa shape index (κ3) is 3.23. The molecule has 0 aliphatic carbocycles. The lowest BCUT2D eigenvalue weighted by Crippen LogP contribution is -2.38. The number of hydrogen-bond acceptors (Lipinski definition) is 5. The molecule has 1 aliphatic rings. The molecule has 9 heteroatoms. The molecule has 0 unspecified atom stereocenters. The highest BCUT2D eigenvalue weighted by Crippen LogP contribution is 2.31. The molecule has 1 saturated heterocycles. The van der Waals surface area contributed by atoms with E-state index < -0.39 is 11.9 Å². The zero-order valence-corrected chi connectivity index (χ0v) is 12.2. The molecule has 2 aromatic rings. The van der Waals surface area contributed by atoms with Crippen molar-refractivity contribution in [3.63, 3.8) is 0 Å². The van der Waals surface area contributed by atoms with Crippen molar-refractivity contribution in [2.24, 2.45) is 0 Å². The summed E-state index contributed by atoms with van der Waals surface area (Å²) in [7, 11) is 0. The number of rotatable bonds is 4. The molecule has 1 aliphatic heterocycles. The van der Waals surface area contributed by atoms with Crippen molar-refractivity contribution in [3.05, 3.63) is 40.9 Å². The van der Waals surface area contributed by atoms with Crippen molar-refractivity contribution in [3.8, 4) is 0 Å². The number of nitrogens with zero attached hydrogens (tertiary/aromatic N) is 4. The number of halogens is 2. The van der Waals surface area contributed by atoms with Gasteiger partial charge in [0.2, 0.25) is 5.91 Å². The molecule has 1 N–H and O–H groups in total. The zero-order valence-electron chi connectivity index (χ0n) is 11.4. The van der Waals surface area contributed by atoms with E-state index in [0.717, 1.165) is 0 Å². The number of nitrogens with one attached hydrogen (secondary N) is 1. The van der Waals surface area contributed by atoms with E-state index in [1.807, 2.05) is 0 Å². The molecule has 0 saturated carbocycles. The van der Waals surface area contributed by atoms with E-state index in [1.54, 1.807) is 6.07 Å². The highest BCUT2D eigenvalue weighted by Gasteiger charge is 2.31. The molecule has 0 bridgehead atoms. The van der Waals surface area contributed by atoms with Crippen LogP contribution in [0.25, 0.3) is 0 Å². The molecule has 2 atom stereocenters. The second kappa shape index (κ2) is 6.37. The molecule has 1 aromatic carbocycles. The summed E-state index contributed by atoms with van der Waals surface area (Å²) in [5.41, 5.74) is 0.645. The van der Waals surface area contributed by atoms with Crippen LogP contribution in [0, 0.1) is 5.82 Å². The number of ether oxygens (including phenoxy) is 1. The van der Waals surface area contributed by atoms with Gasteiger partial charge in [-0.25, -0.2) is 9.07 Å².